The van der Waals surface area contributed by atoms with Gasteiger partial charge in [-0.15, -0.1) is 0 Å². The molecule has 0 saturated carbocycles. The van der Waals surface area contributed by atoms with E-state index in [1.165, 1.54) is 0 Å². The second-order valence-corrected chi connectivity index (χ2v) is 7.75. The number of nitrogens with one attached hydrogen (secondary N) is 1. The molecule has 1 aliphatic rings. The van der Waals surface area contributed by atoms with E-state index in [1.54, 1.807) is 0 Å². The van der Waals surface area contributed by atoms with Gasteiger partial charge in [-0.3, -0.25) is 9.69 Å². The molecule has 2 aromatic rings. The second-order valence-electron chi connectivity index (χ2n) is 7.75. The van der Waals surface area contributed by atoms with E-state index in [4.69, 9.17) is 14.7 Å². The molecule has 0 atom stereocenters. The number of carbonyl (C=O) groups excluding carboxylic acids is 1. The Bertz CT molecular complexity index is 813. The normalized spacial score (nSPS) is 15.9. The first-order chi connectivity index (χ1) is 12.9. The number of morpholine rings is 1. The van der Waals surface area contributed by atoms with Crippen molar-refractivity contribution >= 4 is 16.9 Å². The van der Waals surface area contributed by atoms with Crippen molar-refractivity contribution in [2.24, 2.45) is 0 Å². The minimum Gasteiger partial charge on any atom is -0.379 e. The van der Waals surface area contributed by atoms with Crippen LogP contribution in [0.1, 0.15) is 49.4 Å². The van der Waals surface area contributed by atoms with Crippen molar-refractivity contribution in [3.05, 3.63) is 35.2 Å². The molecule has 6 nitrogen and oxygen atoms in total. The molecule has 0 radical (unpaired) electrons. The van der Waals surface area contributed by atoms with E-state index in [1.807, 2.05) is 18.2 Å². The molecular formula is C21H30N4O2. The van der Waals surface area contributed by atoms with E-state index < -0.39 is 0 Å². The molecule has 0 spiro atoms. The van der Waals surface area contributed by atoms with Gasteiger partial charge in [-0.25, -0.2) is 9.97 Å². The van der Waals surface area contributed by atoms with E-state index >= 15 is 0 Å². The van der Waals surface area contributed by atoms with Gasteiger partial charge in [0.05, 0.1) is 35.6 Å². The van der Waals surface area contributed by atoms with Gasteiger partial charge in [-0.2, -0.15) is 0 Å². The van der Waals surface area contributed by atoms with Gasteiger partial charge < -0.3 is 10.1 Å². The van der Waals surface area contributed by atoms with E-state index in [0.717, 1.165) is 68.1 Å². The van der Waals surface area contributed by atoms with Crippen LogP contribution in [0.3, 0.4) is 0 Å². The standard InChI is InChI=1S/C21H30N4O2/c1-5-16-17(6-2)23-19-13-15(7-8-18(19)22-16)20(26)24-21(3,4)14-25-9-11-27-12-10-25/h7-8,13H,5-6,9-12,14H2,1-4H3,(H,24,26). The quantitative estimate of drug-likeness (QED) is 0.847. The lowest BCUT2D eigenvalue weighted by atomic mass is 10.0. The molecule has 146 valence electrons. The lowest BCUT2D eigenvalue weighted by molar-refractivity contribution is 0.0269. The van der Waals surface area contributed by atoms with Gasteiger partial charge >= 0.3 is 0 Å². The van der Waals surface area contributed by atoms with Crippen LogP contribution >= 0.6 is 0 Å². The largest absolute Gasteiger partial charge is 0.379 e. The van der Waals surface area contributed by atoms with Crippen LogP contribution < -0.4 is 5.32 Å². The number of aromatic nitrogens is 2. The third-order valence-corrected chi connectivity index (χ3v) is 4.93. The number of benzene rings is 1. The number of fused-ring (bicyclic) bond motifs is 1. The summed E-state index contributed by atoms with van der Waals surface area (Å²) in [6.07, 6.45) is 1.71. The van der Waals surface area contributed by atoms with Gasteiger partial charge in [-0.05, 0) is 44.9 Å². The average molecular weight is 370 g/mol. The minimum absolute atomic E-state index is 0.0745. The first kappa shape index (κ1) is 19.7. The van der Waals surface area contributed by atoms with Crippen molar-refractivity contribution in [3.8, 4) is 0 Å². The van der Waals surface area contributed by atoms with E-state index in [0.29, 0.717) is 5.56 Å². The van der Waals surface area contributed by atoms with Gasteiger partial charge in [0, 0.05) is 30.7 Å². The smallest absolute Gasteiger partial charge is 0.251 e. The minimum atomic E-state index is -0.324. The van der Waals surface area contributed by atoms with Crippen molar-refractivity contribution in [3.63, 3.8) is 0 Å². The van der Waals surface area contributed by atoms with Crippen LogP contribution in [-0.4, -0.2) is 59.2 Å². The molecule has 1 N–H and O–H groups in total. The highest BCUT2D eigenvalue weighted by atomic mass is 16.5. The van der Waals surface area contributed by atoms with Crippen LogP contribution in [0.25, 0.3) is 11.0 Å². The van der Waals surface area contributed by atoms with Crippen molar-refractivity contribution in [1.29, 1.82) is 0 Å². The van der Waals surface area contributed by atoms with Crippen molar-refractivity contribution in [2.45, 2.75) is 46.1 Å². The molecule has 1 aromatic heterocycles. The molecule has 1 amide bonds. The van der Waals surface area contributed by atoms with Crippen molar-refractivity contribution < 1.29 is 9.53 Å². The maximum Gasteiger partial charge on any atom is 0.251 e. The number of rotatable bonds is 6. The Morgan fingerprint density at radius 1 is 1.11 bits per heavy atom. The third kappa shape index (κ3) is 4.82. The Labute approximate surface area is 161 Å². The summed E-state index contributed by atoms with van der Waals surface area (Å²) < 4.78 is 5.40. The zero-order chi connectivity index (χ0) is 19.4. The van der Waals surface area contributed by atoms with Crippen LogP contribution in [0.2, 0.25) is 0 Å². The first-order valence-electron chi connectivity index (χ1n) is 9.84. The van der Waals surface area contributed by atoms with Crippen LogP contribution in [-0.2, 0) is 17.6 Å². The Hall–Kier alpha value is -2.05. The summed E-state index contributed by atoms with van der Waals surface area (Å²) in [5.41, 5.74) is 3.97. The Morgan fingerprint density at radius 2 is 1.74 bits per heavy atom. The Balaban J connectivity index is 1.76. The maximum atomic E-state index is 12.8. The molecule has 1 aromatic carbocycles. The molecule has 1 saturated heterocycles. The first-order valence-corrected chi connectivity index (χ1v) is 9.84. The van der Waals surface area contributed by atoms with E-state index in [-0.39, 0.29) is 11.4 Å². The number of hydrogen-bond donors (Lipinski definition) is 1. The molecule has 6 heteroatoms. The number of hydrogen-bond acceptors (Lipinski definition) is 5. The Morgan fingerprint density at radius 3 is 2.37 bits per heavy atom. The monoisotopic (exact) mass is 370 g/mol. The fraction of sp³-hybridized carbons (Fsp3) is 0.571. The SMILES string of the molecule is CCc1nc2ccc(C(=O)NC(C)(C)CN3CCOCC3)cc2nc1CC. The van der Waals surface area contributed by atoms with Crippen molar-refractivity contribution in [1.82, 2.24) is 20.2 Å². The molecule has 3 rings (SSSR count). The van der Waals surface area contributed by atoms with Gasteiger partial charge in [0.25, 0.3) is 5.91 Å². The van der Waals surface area contributed by atoms with Crippen LogP contribution in [0.15, 0.2) is 18.2 Å². The summed E-state index contributed by atoms with van der Waals surface area (Å²) in [4.78, 5) is 24.6. The fourth-order valence-corrected chi connectivity index (χ4v) is 3.57. The zero-order valence-corrected chi connectivity index (χ0v) is 16.8. The summed E-state index contributed by atoms with van der Waals surface area (Å²) in [5.74, 6) is -0.0745. The number of ether oxygens (including phenoxy) is 1. The summed E-state index contributed by atoms with van der Waals surface area (Å²) in [5, 5.41) is 3.17. The number of nitrogens with zero attached hydrogens (tertiary/aromatic N) is 3. The average Bonchev–Trinajstić information content (AvgIpc) is 2.66. The zero-order valence-electron chi connectivity index (χ0n) is 16.8. The lowest BCUT2D eigenvalue weighted by Crippen LogP contribution is -2.53. The molecule has 0 unspecified atom stereocenters. The molecule has 0 bridgehead atoms. The maximum absolute atomic E-state index is 12.8. The van der Waals surface area contributed by atoms with Gasteiger partial charge in [0.15, 0.2) is 0 Å². The number of amides is 1. The molecule has 0 aliphatic carbocycles. The summed E-state index contributed by atoms with van der Waals surface area (Å²) in [6.45, 7) is 12.4. The molecule has 2 heterocycles. The molecular weight excluding hydrogens is 340 g/mol. The van der Waals surface area contributed by atoms with Gasteiger partial charge in [-0.1, -0.05) is 13.8 Å². The lowest BCUT2D eigenvalue weighted by Gasteiger charge is -2.35. The molecule has 1 fully saturated rings. The van der Waals surface area contributed by atoms with Crippen LogP contribution in [0.4, 0.5) is 0 Å². The predicted molar refractivity (Wildman–Crippen MR) is 107 cm³/mol. The molecule has 27 heavy (non-hydrogen) atoms. The third-order valence-electron chi connectivity index (χ3n) is 4.93. The second kappa shape index (κ2) is 8.31. The van der Waals surface area contributed by atoms with E-state index in [9.17, 15) is 4.79 Å². The highest BCUT2D eigenvalue weighted by Gasteiger charge is 2.25. The van der Waals surface area contributed by atoms with Crippen molar-refractivity contribution in [2.75, 3.05) is 32.8 Å². The highest BCUT2D eigenvalue weighted by molar-refractivity contribution is 5.97. The van der Waals surface area contributed by atoms with Gasteiger partial charge in [0.2, 0.25) is 0 Å². The predicted octanol–water partition coefficient (Wildman–Crippen LogP) is 2.60. The topological polar surface area (TPSA) is 67.4 Å². The number of aryl methyl sites for hydroxylation is 2. The van der Waals surface area contributed by atoms with E-state index in [2.05, 4.69) is 37.9 Å². The van der Waals surface area contributed by atoms with Crippen LogP contribution in [0.5, 0.6) is 0 Å². The number of carbonyl (C=O) groups is 1. The highest BCUT2D eigenvalue weighted by Crippen LogP contribution is 2.17. The van der Waals surface area contributed by atoms with Crippen LogP contribution in [0, 0.1) is 0 Å². The Kier molecular flexibility index (Phi) is 6.07. The van der Waals surface area contributed by atoms with Gasteiger partial charge in [0.1, 0.15) is 0 Å². The summed E-state index contributed by atoms with van der Waals surface area (Å²) >= 11 is 0. The fourth-order valence-electron chi connectivity index (χ4n) is 3.57. The molecule has 1 aliphatic heterocycles. The summed E-state index contributed by atoms with van der Waals surface area (Å²) in [6, 6.07) is 5.58. The summed E-state index contributed by atoms with van der Waals surface area (Å²) in [7, 11) is 0.